The molecule has 1 saturated heterocycles. The molecule has 1 amide bonds. The minimum absolute atomic E-state index is 0.0291. The van der Waals surface area contributed by atoms with Gasteiger partial charge >= 0.3 is 5.97 Å². The van der Waals surface area contributed by atoms with E-state index in [1.807, 2.05) is 23.1 Å². The molecule has 140 valence electrons. The summed E-state index contributed by atoms with van der Waals surface area (Å²) < 4.78 is 0. The molecule has 4 rings (SSSR count). The van der Waals surface area contributed by atoms with E-state index in [2.05, 4.69) is 6.07 Å². The molecule has 26 heavy (non-hydrogen) atoms. The third kappa shape index (κ3) is 3.26. The first-order chi connectivity index (χ1) is 12.6. The Morgan fingerprint density at radius 3 is 2.50 bits per heavy atom. The van der Waals surface area contributed by atoms with Crippen LogP contribution in [-0.4, -0.2) is 35.0 Å². The first-order valence-electron chi connectivity index (χ1n) is 10.2. The fourth-order valence-electron chi connectivity index (χ4n) is 5.58. The summed E-state index contributed by atoms with van der Waals surface area (Å²) in [5.74, 6) is -1.42. The molecular formula is C22H29NO3. The van der Waals surface area contributed by atoms with Crippen molar-refractivity contribution in [3.05, 3.63) is 35.4 Å². The van der Waals surface area contributed by atoms with Crippen LogP contribution in [-0.2, 0) is 16.0 Å². The Bertz CT molecular complexity index is 682. The van der Waals surface area contributed by atoms with Crippen LogP contribution in [0, 0.1) is 11.3 Å². The van der Waals surface area contributed by atoms with Gasteiger partial charge in [0.15, 0.2) is 0 Å². The molecule has 1 heterocycles. The lowest BCUT2D eigenvalue weighted by atomic mass is 9.77. The van der Waals surface area contributed by atoms with Crippen LogP contribution in [0.5, 0.6) is 0 Å². The van der Waals surface area contributed by atoms with E-state index >= 15 is 0 Å². The maximum Gasteiger partial charge on any atom is 0.307 e. The highest BCUT2D eigenvalue weighted by molar-refractivity contribution is 5.83. The van der Waals surface area contributed by atoms with Gasteiger partial charge in [0, 0.05) is 19.5 Å². The molecule has 2 atom stereocenters. The van der Waals surface area contributed by atoms with Crippen molar-refractivity contribution in [2.45, 2.75) is 63.7 Å². The van der Waals surface area contributed by atoms with Gasteiger partial charge in [-0.2, -0.15) is 0 Å². The van der Waals surface area contributed by atoms with Crippen molar-refractivity contribution in [1.29, 1.82) is 0 Å². The zero-order valence-electron chi connectivity index (χ0n) is 15.5. The number of aryl methyl sites for hydroxylation is 1. The van der Waals surface area contributed by atoms with Crippen molar-refractivity contribution >= 4 is 11.9 Å². The molecule has 0 bridgehead atoms. The minimum Gasteiger partial charge on any atom is -0.481 e. The number of aliphatic carboxylic acids is 1. The molecule has 2 fully saturated rings. The van der Waals surface area contributed by atoms with Crippen molar-refractivity contribution in [1.82, 2.24) is 4.90 Å². The number of piperidine rings is 1. The van der Waals surface area contributed by atoms with Gasteiger partial charge in [-0.05, 0) is 61.0 Å². The van der Waals surface area contributed by atoms with Crippen LogP contribution in [0.2, 0.25) is 0 Å². The molecule has 3 aliphatic rings. The Hall–Kier alpha value is -1.84. The quantitative estimate of drug-likeness (QED) is 0.888. The number of hydrogen-bond acceptors (Lipinski definition) is 2. The van der Waals surface area contributed by atoms with Crippen LogP contribution in [0.25, 0.3) is 0 Å². The Labute approximate surface area is 155 Å². The highest BCUT2D eigenvalue weighted by Crippen LogP contribution is 2.46. The fourth-order valence-corrected chi connectivity index (χ4v) is 5.58. The standard InChI is InChI=1S/C22H29NO3/c24-20(23-13-11-22(12-14-23)9-3-4-10-22)15-19(21(25)26)18-8-7-16-5-1-2-6-17(16)18/h1-2,5-6,18-19H,3-4,7-15H2,(H,25,26)/t18-,19?/m1/s1. The summed E-state index contributed by atoms with van der Waals surface area (Å²) in [6.45, 7) is 1.62. The number of amides is 1. The number of rotatable bonds is 4. The Balaban J connectivity index is 1.41. The van der Waals surface area contributed by atoms with Gasteiger partial charge in [0.2, 0.25) is 5.91 Å². The van der Waals surface area contributed by atoms with Crippen molar-refractivity contribution < 1.29 is 14.7 Å². The summed E-state index contributed by atoms with van der Waals surface area (Å²) >= 11 is 0. The third-order valence-electron chi connectivity index (χ3n) is 7.22. The molecule has 2 aliphatic carbocycles. The molecule has 0 aromatic heterocycles. The van der Waals surface area contributed by atoms with Crippen molar-refractivity contribution in [2.24, 2.45) is 11.3 Å². The number of carbonyl (C=O) groups is 2. The van der Waals surface area contributed by atoms with Gasteiger partial charge in [-0.1, -0.05) is 37.1 Å². The number of carboxylic acid groups (broad SMARTS) is 1. The monoisotopic (exact) mass is 355 g/mol. The predicted octanol–water partition coefficient (Wildman–Crippen LogP) is 3.99. The average molecular weight is 355 g/mol. The van der Waals surface area contributed by atoms with Gasteiger partial charge in [-0.3, -0.25) is 9.59 Å². The number of nitrogens with zero attached hydrogens (tertiary/aromatic N) is 1. The SMILES string of the molecule is O=C(O)C(CC(=O)N1CCC2(CCCC2)CC1)[C@@H]1CCc2ccccc21. The van der Waals surface area contributed by atoms with Crippen LogP contribution in [0.3, 0.4) is 0 Å². The normalized spacial score (nSPS) is 25.2. The Morgan fingerprint density at radius 1 is 1.12 bits per heavy atom. The van der Waals surface area contributed by atoms with Crippen LogP contribution in [0.15, 0.2) is 24.3 Å². The molecule has 0 radical (unpaired) electrons. The van der Waals surface area contributed by atoms with Gasteiger partial charge in [0.1, 0.15) is 0 Å². The number of likely N-dealkylation sites (tertiary alicyclic amines) is 1. The van der Waals surface area contributed by atoms with Crippen LogP contribution in [0.4, 0.5) is 0 Å². The minimum atomic E-state index is -0.829. The average Bonchev–Trinajstić information content (AvgIpc) is 3.27. The number of carboxylic acids is 1. The van der Waals surface area contributed by atoms with Crippen molar-refractivity contribution in [2.75, 3.05) is 13.1 Å². The summed E-state index contributed by atoms with van der Waals surface area (Å²) in [6.07, 6.45) is 9.38. The molecular weight excluding hydrogens is 326 g/mol. The predicted molar refractivity (Wildman–Crippen MR) is 100.0 cm³/mol. The third-order valence-corrected chi connectivity index (χ3v) is 7.22. The molecule has 4 nitrogen and oxygen atoms in total. The zero-order chi connectivity index (χ0) is 18.1. The number of fused-ring (bicyclic) bond motifs is 1. The maximum absolute atomic E-state index is 12.8. The van der Waals surface area contributed by atoms with E-state index in [1.165, 1.54) is 31.2 Å². The summed E-state index contributed by atoms with van der Waals surface area (Å²) in [5.41, 5.74) is 2.86. The Morgan fingerprint density at radius 2 is 1.81 bits per heavy atom. The van der Waals surface area contributed by atoms with Crippen LogP contribution >= 0.6 is 0 Å². The number of carbonyl (C=O) groups excluding carboxylic acids is 1. The summed E-state index contributed by atoms with van der Waals surface area (Å²) in [7, 11) is 0. The largest absolute Gasteiger partial charge is 0.481 e. The van der Waals surface area contributed by atoms with E-state index in [-0.39, 0.29) is 18.2 Å². The molecule has 1 aliphatic heterocycles. The maximum atomic E-state index is 12.8. The topological polar surface area (TPSA) is 57.6 Å². The molecule has 1 saturated carbocycles. The molecule has 1 spiro atoms. The molecule has 1 N–H and O–H groups in total. The molecule has 1 aromatic rings. The van der Waals surface area contributed by atoms with E-state index in [0.29, 0.717) is 5.41 Å². The molecule has 1 aromatic carbocycles. The van der Waals surface area contributed by atoms with Gasteiger partial charge < -0.3 is 10.0 Å². The number of hydrogen-bond donors (Lipinski definition) is 1. The van der Waals surface area contributed by atoms with E-state index in [4.69, 9.17) is 0 Å². The van der Waals surface area contributed by atoms with Gasteiger partial charge in [-0.25, -0.2) is 0 Å². The van der Waals surface area contributed by atoms with E-state index in [1.54, 1.807) is 0 Å². The van der Waals surface area contributed by atoms with Crippen LogP contribution < -0.4 is 0 Å². The molecule has 4 heteroatoms. The van der Waals surface area contributed by atoms with Gasteiger partial charge in [0.25, 0.3) is 0 Å². The Kier molecular flexibility index (Phi) is 4.76. The van der Waals surface area contributed by atoms with Crippen LogP contribution in [0.1, 0.15) is 68.4 Å². The van der Waals surface area contributed by atoms with Gasteiger partial charge in [-0.15, -0.1) is 0 Å². The van der Waals surface area contributed by atoms with Crippen molar-refractivity contribution in [3.8, 4) is 0 Å². The highest BCUT2D eigenvalue weighted by Gasteiger charge is 2.40. The second-order valence-electron chi connectivity index (χ2n) is 8.58. The van der Waals surface area contributed by atoms with E-state index < -0.39 is 11.9 Å². The first kappa shape index (κ1) is 17.6. The fraction of sp³-hybridized carbons (Fsp3) is 0.636. The highest BCUT2D eigenvalue weighted by atomic mass is 16.4. The lowest BCUT2D eigenvalue weighted by Gasteiger charge is -2.40. The first-order valence-corrected chi connectivity index (χ1v) is 10.2. The smallest absolute Gasteiger partial charge is 0.307 e. The second kappa shape index (κ2) is 7.05. The van der Waals surface area contributed by atoms with Gasteiger partial charge in [0.05, 0.1) is 5.92 Å². The summed E-state index contributed by atoms with van der Waals surface area (Å²) in [4.78, 5) is 26.7. The second-order valence-corrected chi connectivity index (χ2v) is 8.58. The lowest BCUT2D eigenvalue weighted by Crippen LogP contribution is -2.43. The lowest BCUT2D eigenvalue weighted by molar-refractivity contribution is -0.147. The van der Waals surface area contributed by atoms with E-state index in [9.17, 15) is 14.7 Å². The van der Waals surface area contributed by atoms with E-state index in [0.717, 1.165) is 44.3 Å². The zero-order valence-corrected chi connectivity index (χ0v) is 15.5. The summed E-state index contributed by atoms with van der Waals surface area (Å²) in [5, 5.41) is 9.80. The number of benzene rings is 1. The molecule has 1 unspecified atom stereocenters. The van der Waals surface area contributed by atoms with Crippen molar-refractivity contribution in [3.63, 3.8) is 0 Å². The summed E-state index contributed by atoms with van der Waals surface area (Å²) in [6, 6.07) is 8.11.